The fourth-order valence-electron chi connectivity index (χ4n) is 1.52. The minimum absolute atomic E-state index is 0.0117. The molecule has 0 heterocycles. The van der Waals surface area contributed by atoms with Crippen molar-refractivity contribution in [1.82, 2.24) is 0 Å². The van der Waals surface area contributed by atoms with Gasteiger partial charge in [0.25, 0.3) is 0 Å². The second-order valence-corrected chi connectivity index (χ2v) is 4.56. The molecule has 19 heavy (non-hydrogen) atoms. The molecular weight excluding hydrogens is 347 g/mol. The third-order valence-corrected chi connectivity index (χ3v) is 2.86. The van der Waals surface area contributed by atoms with E-state index in [4.69, 9.17) is 0 Å². The second kappa shape index (κ2) is 10.7. The van der Waals surface area contributed by atoms with Crippen LogP contribution in [-0.2, 0) is 0 Å². The third kappa shape index (κ3) is 7.72. The Morgan fingerprint density at radius 1 is 1.11 bits per heavy atom. The normalized spacial score (nSPS) is 10.1. The van der Waals surface area contributed by atoms with Crippen LogP contribution in [0.3, 0.4) is 0 Å². The van der Waals surface area contributed by atoms with Crippen molar-refractivity contribution in [3.8, 4) is 21.7 Å². The van der Waals surface area contributed by atoms with Gasteiger partial charge in [-0.3, -0.25) is 0 Å². The largest absolute Gasteiger partial charge is 0.391 e. The van der Waals surface area contributed by atoms with Gasteiger partial charge in [-0.25, -0.2) is 0 Å². The molecule has 0 saturated carbocycles. The molecule has 98 valence electrons. The van der Waals surface area contributed by atoms with Crippen LogP contribution in [0.2, 0.25) is 0 Å². The van der Waals surface area contributed by atoms with Crippen molar-refractivity contribution >= 4 is 28.7 Å². The van der Waals surface area contributed by atoms with Crippen LogP contribution < -0.4 is 0 Å². The maximum Gasteiger partial charge on any atom is 0.0760 e. The van der Waals surface area contributed by atoms with Crippen molar-refractivity contribution in [2.24, 2.45) is 0 Å². The lowest BCUT2D eigenvalue weighted by atomic mass is 10.1. The lowest BCUT2D eigenvalue weighted by Crippen LogP contribution is -1.86. The number of unbranched alkanes of at least 4 members (excludes halogenated alkanes) is 3. The SMILES string of the molecule is OCC(C#CCCCCC#CI)=Cc1ccccc1. The van der Waals surface area contributed by atoms with E-state index in [0.29, 0.717) is 0 Å². The minimum atomic E-state index is -0.0117. The molecule has 0 aliphatic carbocycles. The zero-order valence-corrected chi connectivity index (χ0v) is 13.0. The standard InChI is InChI=1S/C17H17IO/c18-13-9-4-2-1-3-6-12-17(15-19)14-16-10-7-5-8-11-16/h5,7-8,10-11,14,19H,1-4,15H2. The van der Waals surface area contributed by atoms with E-state index in [-0.39, 0.29) is 6.61 Å². The average molecular weight is 364 g/mol. The number of rotatable bonds is 5. The van der Waals surface area contributed by atoms with Gasteiger partial charge in [-0.2, -0.15) is 0 Å². The highest BCUT2D eigenvalue weighted by atomic mass is 127. The zero-order chi connectivity index (χ0) is 13.8. The van der Waals surface area contributed by atoms with Gasteiger partial charge < -0.3 is 5.11 Å². The first-order valence-corrected chi connectivity index (χ1v) is 7.38. The van der Waals surface area contributed by atoms with Crippen LogP contribution in [0.1, 0.15) is 31.2 Å². The zero-order valence-electron chi connectivity index (χ0n) is 10.8. The molecule has 1 aromatic carbocycles. The maximum atomic E-state index is 9.27. The number of benzene rings is 1. The Morgan fingerprint density at radius 2 is 1.79 bits per heavy atom. The molecule has 0 aromatic heterocycles. The fraction of sp³-hybridized carbons (Fsp3) is 0.294. The molecule has 1 aromatic rings. The molecule has 0 aliphatic heterocycles. The number of aliphatic hydroxyl groups excluding tert-OH is 1. The fourth-order valence-corrected chi connectivity index (χ4v) is 1.79. The van der Waals surface area contributed by atoms with Crippen molar-refractivity contribution in [1.29, 1.82) is 0 Å². The van der Waals surface area contributed by atoms with Gasteiger partial charge >= 0.3 is 0 Å². The molecule has 2 heteroatoms. The average Bonchev–Trinajstić information content (AvgIpc) is 2.46. The number of hydrogen-bond acceptors (Lipinski definition) is 1. The summed E-state index contributed by atoms with van der Waals surface area (Å²) in [6.07, 6.45) is 5.87. The molecule has 1 N–H and O–H groups in total. The second-order valence-electron chi connectivity index (χ2n) is 4.02. The summed E-state index contributed by atoms with van der Waals surface area (Å²) in [7, 11) is 0. The van der Waals surface area contributed by atoms with Crippen LogP contribution in [0.5, 0.6) is 0 Å². The highest BCUT2D eigenvalue weighted by Crippen LogP contribution is 2.05. The monoisotopic (exact) mass is 364 g/mol. The molecule has 0 unspecified atom stereocenters. The smallest absolute Gasteiger partial charge is 0.0760 e. The molecule has 1 rings (SSSR count). The van der Waals surface area contributed by atoms with Crippen molar-refractivity contribution < 1.29 is 5.11 Å². The third-order valence-electron chi connectivity index (χ3n) is 2.48. The van der Waals surface area contributed by atoms with E-state index in [1.807, 2.05) is 36.4 Å². The van der Waals surface area contributed by atoms with Crippen LogP contribution in [-0.4, -0.2) is 11.7 Å². The van der Waals surface area contributed by atoms with E-state index in [0.717, 1.165) is 36.8 Å². The predicted molar refractivity (Wildman–Crippen MR) is 89.5 cm³/mol. The van der Waals surface area contributed by atoms with Gasteiger partial charge in [-0.15, -0.1) is 0 Å². The maximum absolute atomic E-state index is 9.27. The lowest BCUT2D eigenvalue weighted by molar-refractivity contribution is 0.337. The first kappa shape index (κ1) is 15.8. The quantitative estimate of drug-likeness (QED) is 0.475. The van der Waals surface area contributed by atoms with Crippen LogP contribution in [0.25, 0.3) is 6.08 Å². The number of halogens is 1. The highest BCUT2D eigenvalue weighted by Gasteiger charge is 1.91. The van der Waals surface area contributed by atoms with E-state index >= 15 is 0 Å². The van der Waals surface area contributed by atoms with E-state index in [9.17, 15) is 5.11 Å². The molecule has 0 saturated heterocycles. The van der Waals surface area contributed by atoms with E-state index in [1.165, 1.54) is 0 Å². The van der Waals surface area contributed by atoms with Crippen molar-refractivity contribution in [2.75, 3.05) is 6.61 Å². The summed E-state index contributed by atoms with van der Waals surface area (Å²) in [6.45, 7) is -0.0117. The van der Waals surface area contributed by atoms with Crippen molar-refractivity contribution in [2.45, 2.75) is 25.7 Å². The van der Waals surface area contributed by atoms with E-state index in [2.05, 4.69) is 44.3 Å². The Kier molecular flexibility index (Phi) is 8.89. The van der Waals surface area contributed by atoms with Crippen LogP contribution in [0, 0.1) is 21.7 Å². The molecule has 0 bridgehead atoms. The van der Waals surface area contributed by atoms with Crippen molar-refractivity contribution in [3.63, 3.8) is 0 Å². The summed E-state index contributed by atoms with van der Waals surface area (Å²) < 4.78 is 2.86. The molecule has 0 fully saturated rings. The first-order valence-electron chi connectivity index (χ1n) is 6.30. The molecule has 0 amide bonds. The van der Waals surface area contributed by atoms with Crippen LogP contribution in [0.15, 0.2) is 35.9 Å². The Bertz CT molecular complexity index is 509. The summed E-state index contributed by atoms with van der Waals surface area (Å²) >= 11 is 2.06. The predicted octanol–water partition coefficient (Wildman–Crippen LogP) is 4.02. The summed E-state index contributed by atoms with van der Waals surface area (Å²) in [6, 6.07) is 9.92. The topological polar surface area (TPSA) is 20.2 Å². The molecule has 0 aliphatic rings. The number of hydrogen-bond donors (Lipinski definition) is 1. The number of aliphatic hydroxyl groups is 1. The Hall–Kier alpha value is -1.23. The van der Waals surface area contributed by atoms with Gasteiger partial charge in [0.05, 0.1) is 6.61 Å². The summed E-state index contributed by atoms with van der Waals surface area (Å²) in [5.41, 5.74) is 1.83. The summed E-state index contributed by atoms with van der Waals surface area (Å²) in [5.74, 6) is 9.17. The van der Waals surface area contributed by atoms with Crippen LogP contribution in [0.4, 0.5) is 0 Å². The van der Waals surface area contributed by atoms with Gasteiger partial charge in [-0.05, 0) is 28.4 Å². The Morgan fingerprint density at radius 3 is 2.42 bits per heavy atom. The molecular formula is C17H17IO. The first-order chi connectivity index (χ1) is 9.36. The highest BCUT2D eigenvalue weighted by molar-refractivity contribution is 14.1. The lowest BCUT2D eigenvalue weighted by Gasteiger charge is -1.95. The van der Waals surface area contributed by atoms with Crippen LogP contribution >= 0.6 is 22.6 Å². The minimum Gasteiger partial charge on any atom is -0.391 e. The van der Waals surface area contributed by atoms with E-state index in [1.54, 1.807) is 0 Å². The Labute approximate surface area is 129 Å². The van der Waals surface area contributed by atoms with Gasteiger partial charge in [-0.1, -0.05) is 48.1 Å². The summed E-state index contributed by atoms with van der Waals surface area (Å²) in [5, 5.41) is 9.27. The molecule has 0 radical (unpaired) electrons. The Balaban J connectivity index is 2.44. The van der Waals surface area contributed by atoms with Crippen molar-refractivity contribution in [3.05, 3.63) is 41.5 Å². The van der Waals surface area contributed by atoms with Gasteiger partial charge in [0.2, 0.25) is 0 Å². The van der Waals surface area contributed by atoms with Gasteiger partial charge in [0.15, 0.2) is 0 Å². The molecule has 0 atom stereocenters. The van der Waals surface area contributed by atoms with Gasteiger partial charge in [0.1, 0.15) is 0 Å². The van der Waals surface area contributed by atoms with E-state index < -0.39 is 0 Å². The van der Waals surface area contributed by atoms with Gasteiger partial charge in [0, 0.05) is 41.0 Å². The molecule has 0 spiro atoms. The molecule has 1 nitrogen and oxygen atoms in total. The summed E-state index contributed by atoms with van der Waals surface area (Å²) in [4.78, 5) is 0.